The van der Waals surface area contributed by atoms with Gasteiger partial charge in [0.2, 0.25) is 0 Å². The van der Waals surface area contributed by atoms with E-state index in [1.165, 1.54) is 0 Å². The molecule has 0 fully saturated rings. The zero-order valence-electron chi connectivity index (χ0n) is 3.47. The van der Waals surface area contributed by atoms with Crippen molar-refractivity contribution in [3.63, 3.8) is 0 Å². The van der Waals surface area contributed by atoms with Crippen LogP contribution in [0.5, 0.6) is 0 Å². The Morgan fingerprint density at radius 2 is 1.80 bits per heavy atom. The first kappa shape index (κ1) is 4.60. The van der Waals surface area contributed by atoms with E-state index in [4.69, 9.17) is 5.53 Å². The summed E-state index contributed by atoms with van der Waals surface area (Å²) in [5.41, 5.74) is 7.77. The lowest BCUT2D eigenvalue weighted by atomic mass is 10.4. The highest BCUT2D eigenvalue weighted by Gasteiger charge is 1.70. The van der Waals surface area contributed by atoms with Crippen LogP contribution in [0, 0.1) is 0 Å². The SMILES string of the molecule is CC(C)N=[N-]. The van der Waals surface area contributed by atoms with E-state index in [0.717, 1.165) is 0 Å². The van der Waals surface area contributed by atoms with Crippen molar-refractivity contribution >= 4 is 0 Å². The Balaban J connectivity index is 2.83. The normalized spacial score (nSPS) is 8.60. The van der Waals surface area contributed by atoms with E-state index in [1.54, 1.807) is 13.8 Å². The van der Waals surface area contributed by atoms with Gasteiger partial charge in [-0.15, -0.1) is 0 Å². The largest absolute Gasteiger partial charge is 0.712 e. The summed E-state index contributed by atoms with van der Waals surface area (Å²) >= 11 is 0. The third-order valence-corrected chi connectivity index (χ3v) is 0.231. The summed E-state index contributed by atoms with van der Waals surface area (Å²) in [5.74, 6) is 0. The first-order chi connectivity index (χ1) is 2.27. The molecule has 0 amide bonds. The molecule has 0 N–H and O–H groups in total. The van der Waals surface area contributed by atoms with Gasteiger partial charge in [-0.2, -0.15) is 0 Å². The standard InChI is InChI=1S/C3H7N2/c1-3(2)5-4/h3H,1-2H3/q-1. The van der Waals surface area contributed by atoms with Crippen LogP contribution in [0.25, 0.3) is 5.53 Å². The first-order valence-corrected chi connectivity index (χ1v) is 1.61. The highest BCUT2D eigenvalue weighted by molar-refractivity contribution is 4.43. The zero-order chi connectivity index (χ0) is 4.28. The fraction of sp³-hybridized carbons (Fsp3) is 1.00. The Kier molecular flexibility index (Phi) is 1.73. The maximum Gasteiger partial charge on any atom is 0.0206 e. The molecule has 0 heterocycles. The number of hydrogen-bond donors (Lipinski definition) is 0. The third-order valence-electron chi connectivity index (χ3n) is 0.231. The Morgan fingerprint density at radius 3 is 1.80 bits per heavy atom. The molecule has 0 unspecified atom stereocenters. The molecule has 0 aromatic rings. The molecule has 0 saturated carbocycles. The molecule has 0 aromatic heterocycles. The van der Waals surface area contributed by atoms with Crippen LogP contribution in [-0.2, 0) is 0 Å². The molecule has 2 heteroatoms. The molecule has 0 aliphatic rings. The van der Waals surface area contributed by atoms with Crippen molar-refractivity contribution in [2.75, 3.05) is 0 Å². The monoisotopic (exact) mass is 71.1 g/mol. The van der Waals surface area contributed by atoms with Crippen molar-refractivity contribution in [3.8, 4) is 0 Å². The molecule has 0 saturated heterocycles. The van der Waals surface area contributed by atoms with Crippen molar-refractivity contribution < 1.29 is 0 Å². The van der Waals surface area contributed by atoms with Crippen molar-refractivity contribution in [1.29, 1.82) is 0 Å². The molecule has 0 aliphatic heterocycles. The molecule has 0 rings (SSSR count). The van der Waals surface area contributed by atoms with Gasteiger partial charge in [0.1, 0.15) is 0 Å². The lowest BCUT2D eigenvalue weighted by Crippen LogP contribution is -1.80. The van der Waals surface area contributed by atoms with E-state index in [9.17, 15) is 0 Å². The highest BCUT2D eigenvalue weighted by atomic mass is 15.0. The van der Waals surface area contributed by atoms with Crippen molar-refractivity contribution in [2.45, 2.75) is 19.9 Å². The second-order valence-electron chi connectivity index (χ2n) is 1.21. The third kappa shape index (κ3) is 3.60. The van der Waals surface area contributed by atoms with Gasteiger partial charge in [-0.25, -0.2) is 0 Å². The van der Waals surface area contributed by atoms with Gasteiger partial charge in [-0.1, -0.05) is 0 Å². The van der Waals surface area contributed by atoms with Crippen LogP contribution in [0.3, 0.4) is 0 Å². The summed E-state index contributed by atoms with van der Waals surface area (Å²) in [6.07, 6.45) is 0. The molecule has 0 radical (unpaired) electrons. The molecular weight excluding hydrogens is 64.0 g/mol. The minimum absolute atomic E-state index is 0.0648. The van der Waals surface area contributed by atoms with E-state index in [-0.39, 0.29) is 6.04 Å². The average molecular weight is 71.1 g/mol. The highest BCUT2D eigenvalue weighted by Crippen LogP contribution is 1.79. The molecule has 0 aliphatic carbocycles. The molecule has 2 nitrogen and oxygen atoms in total. The smallest absolute Gasteiger partial charge is 0.0206 e. The predicted molar refractivity (Wildman–Crippen MR) is 20.9 cm³/mol. The molecule has 0 bridgehead atoms. The van der Waals surface area contributed by atoms with Gasteiger partial charge >= 0.3 is 0 Å². The number of nitrogens with zero attached hydrogens (tertiary/aromatic N) is 2. The molecule has 30 valence electrons. The minimum Gasteiger partial charge on any atom is -0.712 e. The van der Waals surface area contributed by atoms with E-state index >= 15 is 0 Å². The summed E-state index contributed by atoms with van der Waals surface area (Å²) in [4.78, 5) is 0. The van der Waals surface area contributed by atoms with E-state index < -0.39 is 0 Å². The molecule has 0 aromatic carbocycles. The van der Waals surface area contributed by atoms with Crippen LogP contribution in [-0.4, -0.2) is 6.04 Å². The quantitative estimate of drug-likeness (QED) is 0.419. The van der Waals surface area contributed by atoms with Crippen LogP contribution in [0.15, 0.2) is 5.11 Å². The van der Waals surface area contributed by atoms with Crippen LogP contribution in [0.1, 0.15) is 13.8 Å². The Bertz CT molecular complexity index is 31.9. The lowest BCUT2D eigenvalue weighted by molar-refractivity contribution is 0.827. The average Bonchev–Trinajstić information content (AvgIpc) is 1.38. The zero-order valence-corrected chi connectivity index (χ0v) is 3.47. The predicted octanol–water partition coefficient (Wildman–Crippen LogP) is 1.42. The Labute approximate surface area is 31.7 Å². The topological polar surface area (TPSA) is 34.7 Å². The lowest BCUT2D eigenvalue weighted by Gasteiger charge is -1.94. The van der Waals surface area contributed by atoms with Crippen molar-refractivity contribution in [3.05, 3.63) is 5.53 Å². The molecule has 5 heavy (non-hydrogen) atoms. The summed E-state index contributed by atoms with van der Waals surface area (Å²) in [6.45, 7) is 3.61. The van der Waals surface area contributed by atoms with Crippen LogP contribution >= 0.6 is 0 Å². The summed E-state index contributed by atoms with van der Waals surface area (Å²) in [6, 6.07) is 0.0648. The van der Waals surface area contributed by atoms with Gasteiger partial charge in [-0.05, 0) is 13.8 Å². The second-order valence-corrected chi connectivity index (χ2v) is 1.21. The van der Waals surface area contributed by atoms with Gasteiger partial charge in [0.25, 0.3) is 0 Å². The van der Waals surface area contributed by atoms with E-state index in [0.29, 0.717) is 0 Å². The van der Waals surface area contributed by atoms with E-state index in [1.807, 2.05) is 0 Å². The summed E-state index contributed by atoms with van der Waals surface area (Å²) in [5, 5.41) is 2.89. The fourth-order valence-electron chi connectivity index (χ4n) is 0. The first-order valence-electron chi connectivity index (χ1n) is 1.61. The van der Waals surface area contributed by atoms with Crippen LogP contribution in [0.2, 0.25) is 0 Å². The van der Waals surface area contributed by atoms with Gasteiger partial charge in [0.15, 0.2) is 0 Å². The second kappa shape index (κ2) is 1.88. The van der Waals surface area contributed by atoms with E-state index in [2.05, 4.69) is 5.11 Å². The molecule has 0 atom stereocenters. The summed E-state index contributed by atoms with van der Waals surface area (Å²) < 4.78 is 0. The number of rotatable bonds is 1. The van der Waals surface area contributed by atoms with Gasteiger partial charge in [0, 0.05) is 6.04 Å². The minimum atomic E-state index is 0.0648. The molecular formula is C3H7N2-. The maximum absolute atomic E-state index is 7.77. The maximum atomic E-state index is 7.77. The summed E-state index contributed by atoms with van der Waals surface area (Å²) in [7, 11) is 0. The fourth-order valence-corrected chi connectivity index (χ4v) is 0. The number of hydrogen-bond acceptors (Lipinski definition) is 1. The van der Waals surface area contributed by atoms with Crippen LogP contribution < -0.4 is 0 Å². The Hall–Kier alpha value is -0.400. The Morgan fingerprint density at radius 1 is 1.60 bits per heavy atom. The van der Waals surface area contributed by atoms with Crippen LogP contribution in [0.4, 0.5) is 0 Å². The van der Waals surface area contributed by atoms with Gasteiger partial charge in [0.05, 0.1) is 0 Å². The van der Waals surface area contributed by atoms with Gasteiger partial charge in [-0.3, -0.25) is 0 Å². The van der Waals surface area contributed by atoms with Crippen molar-refractivity contribution in [2.24, 2.45) is 5.11 Å². The van der Waals surface area contributed by atoms with Gasteiger partial charge < -0.3 is 10.6 Å². The molecule has 0 spiro atoms. The van der Waals surface area contributed by atoms with Crippen molar-refractivity contribution in [1.82, 2.24) is 0 Å².